The fraction of sp³-hybridized carbons (Fsp3) is 0.357. The van der Waals surface area contributed by atoms with E-state index in [0.717, 1.165) is 18.4 Å². The van der Waals surface area contributed by atoms with Gasteiger partial charge in [0, 0.05) is 24.1 Å². The number of carbonyl (C=O) groups excluding carboxylic acids is 1. The van der Waals surface area contributed by atoms with Gasteiger partial charge in [0.1, 0.15) is 18.0 Å². The molecule has 1 atom stereocenters. The van der Waals surface area contributed by atoms with Gasteiger partial charge in [0.25, 0.3) is 0 Å². The molecule has 196 valence electrons. The third-order valence-corrected chi connectivity index (χ3v) is 6.89. The number of nitrogens with zero attached hydrogens (tertiary/aromatic N) is 1. The summed E-state index contributed by atoms with van der Waals surface area (Å²) >= 11 is 5.98. The number of benzene rings is 2. The van der Waals surface area contributed by atoms with Crippen LogP contribution in [-0.2, 0) is 12.1 Å². The predicted molar refractivity (Wildman–Crippen MR) is 138 cm³/mol. The van der Waals surface area contributed by atoms with Gasteiger partial charge in [0.15, 0.2) is 17.3 Å². The fourth-order valence-electron chi connectivity index (χ4n) is 4.40. The zero-order valence-electron chi connectivity index (χ0n) is 20.5. The van der Waals surface area contributed by atoms with Crippen molar-refractivity contribution in [3.63, 3.8) is 0 Å². The number of nitrogens with two attached hydrogens (primary N) is 1. The van der Waals surface area contributed by atoms with E-state index in [0.29, 0.717) is 34.0 Å². The molecule has 1 saturated carbocycles. The smallest absolute Gasteiger partial charge is 0.163 e. The Morgan fingerprint density at radius 3 is 2.62 bits per heavy atom. The van der Waals surface area contributed by atoms with Crippen LogP contribution in [0.4, 0.5) is 4.39 Å². The number of pyridine rings is 1. The van der Waals surface area contributed by atoms with Crippen molar-refractivity contribution in [1.29, 1.82) is 0 Å². The molecule has 0 bridgehead atoms. The molecule has 1 fully saturated rings. The Balaban J connectivity index is 1.60. The number of methoxy groups -OCH3 is 1. The largest absolute Gasteiger partial charge is 0.493 e. The highest BCUT2D eigenvalue weighted by molar-refractivity contribution is 6.31. The van der Waals surface area contributed by atoms with Gasteiger partial charge in [-0.2, -0.15) is 0 Å². The van der Waals surface area contributed by atoms with E-state index in [1.807, 2.05) is 0 Å². The number of aliphatic hydroxyl groups is 2. The van der Waals surface area contributed by atoms with E-state index in [9.17, 15) is 14.3 Å². The van der Waals surface area contributed by atoms with Crippen molar-refractivity contribution in [2.75, 3.05) is 20.3 Å². The van der Waals surface area contributed by atoms with E-state index in [-0.39, 0.29) is 49.3 Å². The third-order valence-electron chi connectivity index (χ3n) is 6.60. The molecule has 1 heterocycles. The van der Waals surface area contributed by atoms with Crippen LogP contribution in [0.15, 0.2) is 48.5 Å². The molecule has 1 unspecified atom stereocenters. The van der Waals surface area contributed by atoms with Crippen LogP contribution in [0.3, 0.4) is 0 Å². The summed E-state index contributed by atoms with van der Waals surface area (Å²) in [7, 11) is 1.48. The SMILES string of the molecule is COc1cc(C(=O)CCC(O)(c2cc(CN)cc(-c3ccc(F)c(Cl)c3)n2)C2CC2)ccc1OCCO. The van der Waals surface area contributed by atoms with Crippen LogP contribution >= 0.6 is 11.6 Å². The maximum atomic E-state index is 13.7. The van der Waals surface area contributed by atoms with Gasteiger partial charge in [-0.05, 0) is 79.3 Å². The van der Waals surface area contributed by atoms with Crippen LogP contribution < -0.4 is 15.2 Å². The molecule has 1 aliphatic carbocycles. The summed E-state index contributed by atoms with van der Waals surface area (Å²) < 4.78 is 24.5. The van der Waals surface area contributed by atoms with Gasteiger partial charge >= 0.3 is 0 Å². The van der Waals surface area contributed by atoms with E-state index in [2.05, 4.69) is 0 Å². The second-order valence-corrected chi connectivity index (χ2v) is 9.55. The molecule has 0 aliphatic heterocycles. The normalized spacial score (nSPS) is 14.8. The molecule has 0 radical (unpaired) electrons. The minimum atomic E-state index is -1.33. The summed E-state index contributed by atoms with van der Waals surface area (Å²) in [5.41, 5.74) is 7.36. The van der Waals surface area contributed by atoms with Gasteiger partial charge in [-0.25, -0.2) is 9.37 Å². The topological polar surface area (TPSA) is 115 Å². The lowest BCUT2D eigenvalue weighted by atomic mass is 9.85. The van der Waals surface area contributed by atoms with E-state index in [4.69, 9.17) is 36.9 Å². The van der Waals surface area contributed by atoms with Crippen LogP contribution in [0, 0.1) is 11.7 Å². The molecule has 1 aliphatic rings. The molecule has 4 N–H and O–H groups in total. The zero-order valence-corrected chi connectivity index (χ0v) is 21.3. The van der Waals surface area contributed by atoms with E-state index < -0.39 is 11.4 Å². The van der Waals surface area contributed by atoms with E-state index in [1.165, 1.54) is 19.2 Å². The minimum Gasteiger partial charge on any atom is -0.493 e. The Morgan fingerprint density at radius 1 is 1.19 bits per heavy atom. The molecule has 0 amide bonds. The van der Waals surface area contributed by atoms with E-state index >= 15 is 0 Å². The second-order valence-electron chi connectivity index (χ2n) is 9.14. The summed E-state index contributed by atoms with van der Waals surface area (Å²) in [6, 6.07) is 12.8. The Labute approximate surface area is 220 Å². The molecule has 0 spiro atoms. The van der Waals surface area contributed by atoms with Crippen molar-refractivity contribution < 1.29 is 28.9 Å². The quantitative estimate of drug-likeness (QED) is 0.293. The predicted octanol–water partition coefficient (Wildman–Crippen LogP) is 4.64. The van der Waals surface area contributed by atoms with Gasteiger partial charge in [-0.1, -0.05) is 11.6 Å². The first-order valence-corrected chi connectivity index (χ1v) is 12.5. The molecule has 1 aromatic heterocycles. The van der Waals surface area contributed by atoms with Crippen LogP contribution in [-0.4, -0.2) is 41.3 Å². The number of aliphatic hydroxyl groups excluding tert-OH is 1. The highest BCUT2D eigenvalue weighted by atomic mass is 35.5. The molecular formula is C28H30ClFN2O5. The number of Topliss-reactive ketones (excluding diaryl/α,β-unsaturated/α-hetero) is 1. The number of hydrogen-bond donors (Lipinski definition) is 3. The van der Waals surface area contributed by atoms with Crippen molar-refractivity contribution in [2.24, 2.45) is 11.7 Å². The van der Waals surface area contributed by atoms with Gasteiger partial charge < -0.3 is 25.4 Å². The molecule has 3 aromatic rings. The number of ketones is 1. The molecule has 37 heavy (non-hydrogen) atoms. The second kappa shape index (κ2) is 11.6. The summed E-state index contributed by atoms with van der Waals surface area (Å²) in [5.74, 6) is 0.0922. The van der Waals surface area contributed by atoms with Crippen LogP contribution in [0.25, 0.3) is 11.3 Å². The third kappa shape index (κ3) is 6.10. The molecule has 2 aromatic carbocycles. The Kier molecular flexibility index (Phi) is 8.44. The maximum Gasteiger partial charge on any atom is 0.163 e. The summed E-state index contributed by atoms with van der Waals surface area (Å²) in [4.78, 5) is 17.8. The first kappa shape index (κ1) is 27.0. The van der Waals surface area contributed by atoms with Crippen LogP contribution in [0.5, 0.6) is 11.5 Å². The molecule has 9 heteroatoms. The first-order valence-electron chi connectivity index (χ1n) is 12.1. The standard InChI is InChI=1S/C28H30ClFN2O5/c1-36-26-15-19(3-7-25(26)37-11-10-33)24(34)8-9-28(35,20-4-5-20)27-13-17(16-31)12-23(32-27)18-2-6-22(30)21(29)14-18/h2-3,6-7,12-15,20,33,35H,4-5,8-11,16,31H2,1H3. The average Bonchev–Trinajstić information content (AvgIpc) is 3.77. The lowest BCUT2D eigenvalue weighted by molar-refractivity contribution is -0.00112. The highest BCUT2D eigenvalue weighted by Crippen LogP contribution is 2.48. The van der Waals surface area contributed by atoms with Crippen LogP contribution in [0.1, 0.15) is 47.3 Å². The number of hydrogen-bond acceptors (Lipinski definition) is 7. The first-order chi connectivity index (χ1) is 17.8. The molecule has 7 nitrogen and oxygen atoms in total. The average molecular weight is 529 g/mol. The number of halogens is 2. The summed E-state index contributed by atoms with van der Waals surface area (Å²) in [6.07, 6.45) is 1.90. The fourth-order valence-corrected chi connectivity index (χ4v) is 4.58. The van der Waals surface area contributed by atoms with Crippen LogP contribution in [0.2, 0.25) is 5.02 Å². The zero-order chi connectivity index (χ0) is 26.6. The monoisotopic (exact) mass is 528 g/mol. The van der Waals surface area contributed by atoms with Gasteiger partial charge in [0.05, 0.1) is 30.1 Å². The molecule has 0 saturated heterocycles. The minimum absolute atomic E-state index is 0.0229. The Morgan fingerprint density at radius 2 is 1.97 bits per heavy atom. The van der Waals surface area contributed by atoms with Gasteiger partial charge in [0.2, 0.25) is 0 Å². The van der Waals surface area contributed by atoms with E-state index in [1.54, 1.807) is 36.4 Å². The molecule has 4 rings (SSSR count). The van der Waals surface area contributed by atoms with Crippen molar-refractivity contribution in [2.45, 2.75) is 37.8 Å². The van der Waals surface area contributed by atoms with Crippen molar-refractivity contribution in [3.8, 4) is 22.8 Å². The van der Waals surface area contributed by atoms with Crippen molar-refractivity contribution in [3.05, 3.63) is 76.2 Å². The van der Waals surface area contributed by atoms with Gasteiger partial charge in [-0.15, -0.1) is 0 Å². The number of ether oxygens (including phenoxy) is 2. The van der Waals surface area contributed by atoms with Crippen molar-refractivity contribution >= 4 is 17.4 Å². The summed E-state index contributed by atoms with van der Waals surface area (Å²) in [5, 5.41) is 20.8. The molecular weight excluding hydrogens is 499 g/mol. The van der Waals surface area contributed by atoms with Gasteiger partial charge in [-0.3, -0.25) is 4.79 Å². The lowest BCUT2D eigenvalue weighted by Gasteiger charge is -2.28. The highest BCUT2D eigenvalue weighted by Gasteiger charge is 2.46. The summed E-state index contributed by atoms with van der Waals surface area (Å²) in [6.45, 7) is 0.194. The maximum absolute atomic E-state index is 13.7. The number of rotatable bonds is 12. The Bertz CT molecular complexity index is 1280. The Hall–Kier alpha value is -3.04. The number of carbonyl (C=O) groups is 1. The number of aromatic nitrogens is 1. The lowest BCUT2D eigenvalue weighted by Crippen LogP contribution is -2.31. The van der Waals surface area contributed by atoms with Crippen molar-refractivity contribution in [1.82, 2.24) is 4.98 Å².